The van der Waals surface area contributed by atoms with Crippen LogP contribution in [0.3, 0.4) is 0 Å². The van der Waals surface area contributed by atoms with E-state index in [1.165, 1.54) is 0 Å². The average molecular weight is 370 g/mol. The maximum absolute atomic E-state index is 6.30. The second-order valence-electron chi connectivity index (χ2n) is 5.25. The third-order valence-corrected chi connectivity index (χ3v) is 4.66. The normalized spacial score (nSPS) is 11.8. The SMILES string of the molecule is Cc1onc(-c2ccccc2)c1-c1nnc(/C(Cl)=C/c2cccs2)o1. The van der Waals surface area contributed by atoms with E-state index in [-0.39, 0.29) is 5.89 Å². The molecular weight excluding hydrogens is 358 g/mol. The van der Waals surface area contributed by atoms with Crippen LogP contribution in [0.5, 0.6) is 0 Å². The van der Waals surface area contributed by atoms with Crippen LogP contribution in [0.4, 0.5) is 0 Å². The summed E-state index contributed by atoms with van der Waals surface area (Å²) in [5.74, 6) is 1.18. The smallest absolute Gasteiger partial charge is 0.259 e. The molecule has 3 aromatic heterocycles. The Bertz CT molecular complexity index is 1020. The monoisotopic (exact) mass is 369 g/mol. The van der Waals surface area contributed by atoms with Crippen LogP contribution in [-0.2, 0) is 0 Å². The van der Waals surface area contributed by atoms with Gasteiger partial charge in [-0.15, -0.1) is 21.5 Å². The van der Waals surface area contributed by atoms with Crippen LogP contribution in [0, 0.1) is 6.92 Å². The Balaban J connectivity index is 1.73. The summed E-state index contributed by atoms with van der Waals surface area (Å²) < 4.78 is 11.1. The Morgan fingerprint density at radius 1 is 1.12 bits per heavy atom. The minimum atomic E-state index is 0.254. The van der Waals surface area contributed by atoms with E-state index in [1.807, 2.05) is 54.8 Å². The van der Waals surface area contributed by atoms with Crippen LogP contribution in [-0.4, -0.2) is 15.4 Å². The Labute approximate surface area is 152 Å². The largest absolute Gasteiger partial charge is 0.415 e. The molecule has 0 aliphatic rings. The molecule has 0 N–H and O–H groups in total. The maximum Gasteiger partial charge on any atom is 0.259 e. The van der Waals surface area contributed by atoms with Gasteiger partial charge in [-0.05, 0) is 24.4 Å². The molecule has 25 heavy (non-hydrogen) atoms. The molecule has 0 fully saturated rings. The predicted molar refractivity (Wildman–Crippen MR) is 98.0 cm³/mol. The van der Waals surface area contributed by atoms with Gasteiger partial charge >= 0.3 is 0 Å². The minimum Gasteiger partial charge on any atom is -0.415 e. The van der Waals surface area contributed by atoms with E-state index in [9.17, 15) is 0 Å². The quantitative estimate of drug-likeness (QED) is 0.475. The molecule has 0 saturated carbocycles. The molecule has 1 aromatic carbocycles. The molecule has 124 valence electrons. The van der Waals surface area contributed by atoms with E-state index in [0.717, 1.165) is 10.4 Å². The number of thiophene rings is 1. The van der Waals surface area contributed by atoms with Crippen molar-refractivity contribution in [3.8, 4) is 22.7 Å². The van der Waals surface area contributed by atoms with Crippen LogP contribution in [0.1, 0.15) is 16.5 Å². The Morgan fingerprint density at radius 2 is 1.96 bits per heavy atom. The predicted octanol–water partition coefficient (Wildman–Crippen LogP) is 5.50. The summed E-state index contributed by atoms with van der Waals surface area (Å²) in [6.07, 6.45) is 1.79. The molecule has 0 aliphatic carbocycles. The van der Waals surface area contributed by atoms with Gasteiger partial charge < -0.3 is 8.94 Å². The lowest BCUT2D eigenvalue weighted by Crippen LogP contribution is -1.84. The maximum atomic E-state index is 6.30. The average Bonchev–Trinajstić information content (AvgIpc) is 3.36. The number of hydrogen-bond acceptors (Lipinski definition) is 6. The summed E-state index contributed by atoms with van der Waals surface area (Å²) >= 11 is 7.88. The summed E-state index contributed by atoms with van der Waals surface area (Å²) in [5, 5.41) is 14.7. The van der Waals surface area contributed by atoms with E-state index in [2.05, 4.69) is 15.4 Å². The highest BCUT2D eigenvalue weighted by Crippen LogP contribution is 2.34. The third kappa shape index (κ3) is 3.14. The zero-order chi connectivity index (χ0) is 17.2. The van der Waals surface area contributed by atoms with E-state index in [0.29, 0.717) is 27.9 Å². The first kappa shape index (κ1) is 15.8. The molecule has 5 nitrogen and oxygen atoms in total. The second kappa shape index (κ2) is 6.66. The van der Waals surface area contributed by atoms with Gasteiger partial charge in [0, 0.05) is 10.4 Å². The van der Waals surface area contributed by atoms with E-state index < -0.39 is 0 Å². The molecule has 0 amide bonds. The number of aromatic nitrogens is 3. The fourth-order valence-electron chi connectivity index (χ4n) is 2.40. The fraction of sp³-hybridized carbons (Fsp3) is 0.0556. The number of halogens is 1. The molecule has 3 heterocycles. The van der Waals surface area contributed by atoms with Crippen LogP contribution < -0.4 is 0 Å². The number of benzene rings is 1. The van der Waals surface area contributed by atoms with Crippen molar-refractivity contribution in [2.75, 3.05) is 0 Å². The van der Waals surface area contributed by atoms with Gasteiger partial charge in [0.15, 0.2) is 0 Å². The first-order chi connectivity index (χ1) is 12.2. The molecule has 0 bridgehead atoms. The van der Waals surface area contributed by atoms with Crippen molar-refractivity contribution in [1.29, 1.82) is 0 Å². The summed E-state index contributed by atoms with van der Waals surface area (Å²) in [7, 11) is 0. The number of aryl methyl sites for hydroxylation is 1. The standard InChI is InChI=1S/C18H12ClN3O2S/c1-11-15(16(22-24-11)12-6-3-2-4-7-12)18-21-20-17(23-18)14(19)10-13-8-5-9-25-13/h2-10H,1H3/b14-10-. The van der Waals surface area contributed by atoms with Crippen LogP contribution >= 0.6 is 22.9 Å². The minimum absolute atomic E-state index is 0.254. The lowest BCUT2D eigenvalue weighted by atomic mass is 10.1. The Kier molecular flexibility index (Phi) is 4.21. The summed E-state index contributed by atoms with van der Waals surface area (Å²) in [4.78, 5) is 1.01. The van der Waals surface area contributed by atoms with Crippen molar-refractivity contribution in [3.05, 3.63) is 64.4 Å². The topological polar surface area (TPSA) is 65.0 Å². The lowest BCUT2D eigenvalue weighted by molar-refractivity contribution is 0.399. The van der Waals surface area contributed by atoms with E-state index in [4.69, 9.17) is 20.5 Å². The molecule has 4 rings (SSSR count). The molecule has 0 unspecified atom stereocenters. The van der Waals surface area contributed by atoms with Crippen molar-refractivity contribution in [1.82, 2.24) is 15.4 Å². The van der Waals surface area contributed by atoms with Crippen molar-refractivity contribution in [2.45, 2.75) is 6.92 Å². The van der Waals surface area contributed by atoms with Crippen molar-refractivity contribution >= 4 is 34.0 Å². The molecule has 0 spiro atoms. The third-order valence-electron chi connectivity index (χ3n) is 3.57. The molecule has 7 heteroatoms. The first-order valence-electron chi connectivity index (χ1n) is 7.49. The molecule has 0 aliphatic heterocycles. The highest BCUT2D eigenvalue weighted by Gasteiger charge is 2.22. The van der Waals surface area contributed by atoms with Crippen molar-refractivity contribution < 1.29 is 8.94 Å². The molecule has 0 radical (unpaired) electrons. The summed E-state index contributed by atoms with van der Waals surface area (Å²) in [6.45, 7) is 1.81. The van der Waals surface area contributed by atoms with Gasteiger partial charge in [-0.2, -0.15) is 0 Å². The van der Waals surface area contributed by atoms with E-state index >= 15 is 0 Å². The van der Waals surface area contributed by atoms with Gasteiger partial charge in [0.25, 0.3) is 11.8 Å². The van der Waals surface area contributed by atoms with Crippen LogP contribution in [0.15, 0.2) is 56.8 Å². The van der Waals surface area contributed by atoms with Crippen LogP contribution in [0.25, 0.3) is 33.8 Å². The molecular formula is C18H12ClN3O2S. The Hall–Kier alpha value is -2.70. The lowest BCUT2D eigenvalue weighted by Gasteiger charge is -1.98. The fourth-order valence-corrected chi connectivity index (χ4v) is 3.31. The van der Waals surface area contributed by atoms with E-state index in [1.54, 1.807) is 17.4 Å². The van der Waals surface area contributed by atoms with Gasteiger partial charge in [-0.25, -0.2) is 0 Å². The zero-order valence-corrected chi connectivity index (χ0v) is 14.7. The summed E-state index contributed by atoms with van der Waals surface area (Å²) in [6, 6.07) is 13.6. The van der Waals surface area contributed by atoms with Gasteiger partial charge in [-0.1, -0.05) is 53.2 Å². The second-order valence-corrected chi connectivity index (χ2v) is 6.63. The number of rotatable bonds is 4. The molecule has 4 aromatic rings. The zero-order valence-electron chi connectivity index (χ0n) is 13.1. The van der Waals surface area contributed by atoms with Gasteiger partial charge in [0.2, 0.25) is 0 Å². The molecule has 0 atom stereocenters. The van der Waals surface area contributed by atoms with Crippen LogP contribution in [0.2, 0.25) is 0 Å². The Morgan fingerprint density at radius 3 is 2.72 bits per heavy atom. The van der Waals surface area contributed by atoms with Crippen molar-refractivity contribution in [3.63, 3.8) is 0 Å². The highest BCUT2D eigenvalue weighted by molar-refractivity contribution is 7.11. The number of nitrogens with zero attached hydrogens (tertiary/aromatic N) is 3. The van der Waals surface area contributed by atoms with Crippen molar-refractivity contribution in [2.24, 2.45) is 0 Å². The van der Waals surface area contributed by atoms with Gasteiger partial charge in [0.05, 0.1) is 0 Å². The van der Waals surface area contributed by atoms with Gasteiger partial charge in [-0.3, -0.25) is 0 Å². The molecule has 0 saturated heterocycles. The summed E-state index contributed by atoms with van der Waals surface area (Å²) in [5.41, 5.74) is 2.24. The first-order valence-corrected chi connectivity index (χ1v) is 8.75. The van der Waals surface area contributed by atoms with Gasteiger partial charge in [0.1, 0.15) is 22.0 Å². The number of hydrogen-bond donors (Lipinski definition) is 0. The highest BCUT2D eigenvalue weighted by atomic mass is 35.5.